The number of hydrogen-bond acceptors (Lipinski definition) is 2. The third-order valence-corrected chi connectivity index (χ3v) is 0.714. The highest BCUT2D eigenvalue weighted by Gasteiger charge is 1.78. The molecule has 0 heterocycles. The van der Waals surface area contributed by atoms with Gasteiger partial charge in [0, 0.05) is 0 Å². The zero-order chi connectivity index (χ0) is 4.83. The molecule has 0 N–H and O–H groups in total. The highest BCUT2D eigenvalue weighted by molar-refractivity contribution is 7.99. The molecule has 0 atom stereocenters. The van der Waals surface area contributed by atoms with Crippen LogP contribution in [-0.2, 0) is 4.79 Å². The lowest BCUT2D eigenvalue weighted by Crippen LogP contribution is -1.75. The van der Waals surface area contributed by atoms with Gasteiger partial charge in [0.15, 0.2) is 0 Å². The molecule has 0 aliphatic rings. The van der Waals surface area contributed by atoms with Gasteiger partial charge in [0.05, 0.1) is 5.75 Å². The summed E-state index contributed by atoms with van der Waals surface area (Å²) in [6, 6.07) is -0.491. The summed E-state index contributed by atoms with van der Waals surface area (Å²) in [6.45, 7) is 0. The van der Waals surface area contributed by atoms with Gasteiger partial charge in [0.25, 0.3) is 0 Å². The van der Waals surface area contributed by atoms with E-state index in [9.17, 15) is 9.18 Å². The fourth-order valence-electron chi connectivity index (χ4n) is 0.0802. The highest BCUT2D eigenvalue weighted by atomic mass is 32.2. The zero-order valence-electron chi connectivity index (χ0n) is 3.11. The quantitative estimate of drug-likeness (QED) is 0.495. The number of halogens is 1. The summed E-state index contributed by atoms with van der Waals surface area (Å²) in [5, 5.41) is 0. The van der Waals surface area contributed by atoms with Gasteiger partial charge in [0.1, 0.15) is 6.01 Å². The molecule has 3 heteroatoms. The van der Waals surface area contributed by atoms with Crippen LogP contribution in [0.25, 0.3) is 0 Å². The van der Waals surface area contributed by atoms with E-state index in [1.807, 2.05) is 0 Å². The van der Waals surface area contributed by atoms with E-state index in [-0.39, 0.29) is 5.75 Å². The minimum Gasteiger partial charge on any atom is -0.290 e. The predicted molar refractivity (Wildman–Crippen MR) is 24.1 cm³/mol. The smallest absolute Gasteiger partial charge is 0.209 e. The molecule has 0 saturated carbocycles. The zero-order valence-corrected chi connectivity index (χ0v) is 3.93. The van der Waals surface area contributed by atoms with Crippen molar-refractivity contribution in [3.8, 4) is 0 Å². The van der Waals surface area contributed by atoms with E-state index in [2.05, 4.69) is 0 Å². The lowest BCUT2D eigenvalue weighted by Gasteiger charge is -1.76. The maximum atomic E-state index is 11.0. The first-order valence-electron chi connectivity index (χ1n) is 1.40. The summed E-state index contributed by atoms with van der Waals surface area (Å²) in [5.74, 6) is 0.149. The van der Waals surface area contributed by atoms with Gasteiger partial charge < -0.3 is 0 Å². The van der Waals surface area contributed by atoms with Gasteiger partial charge in [-0.1, -0.05) is 0 Å². The van der Waals surface area contributed by atoms with Crippen molar-refractivity contribution in [3.05, 3.63) is 0 Å². The van der Waals surface area contributed by atoms with Crippen molar-refractivity contribution >= 4 is 18.0 Å². The summed E-state index contributed by atoms with van der Waals surface area (Å²) >= 11 is 0.918. The van der Waals surface area contributed by atoms with Crippen molar-refractivity contribution in [2.24, 2.45) is 0 Å². The molecule has 0 aliphatic carbocycles. The molecule has 6 heavy (non-hydrogen) atoms. The van der Waals surface area contributed by atoms with Crippen LogP contribution in [0, 0.1) is 0 Å². The lowest BCUT2D eigenvalue weighted by molar-refractivity contribution is 0.560. The third-order valence-electron chi connectivity index (χ3n) is 0.238. The Kier molecular flexibility index (Phi) is 4.91. The Bertz CT molecular complexity index is 39.8. The molecule has 1 radical (unpaired) electrons. The Morgan fingerprint density at radius 3 is 2.67 bits per heavy atom. The Hall–Kier alpha value is -0.0500. The van der Waals surface area contributed by atoms with Gasteiger partial charge in [0.2, 0.25) is 6.29 Å². The summed E-state index contributed by atoms with van der Waals surface area (Å²) in [7, 11) is 0. The molecule has 35 valence electrons. The van der Waals surface area contributed by atoms with Crippen LogP contribution in [0.1, 0.15) is 0 Å². The Balaban J connectivity index is 2.49. The van der Waals surface area contributed by atoms with Crippen LogP contribution in [0.4, 0.5) is 4.39 Å². The minimum absolute atomic E-state index is 0.149. The van der Waals surface area contributed by atoms with Gasteiger partial charge >= 0.3 is 0 Å². The average Bonchev–Trinajstić information content (AvgIpc) is 1.61. The molecule has 0 aromatic carbocycles. The summed E-state index contributed by atoms with van der Waals surface area (Å²) in [6.07, 6.45) is 1.54. The van der Waals surface area contributed by atoms with Crippen molar-refractivity contribution in [2.45, 2.75) is 0 Å². The molecule has 0 rings (SSSR count). The van der Waals surface area contributed by atoms with Crippen LogP contribution >= 0.6 is 11.8 Å². The normalized spacial score (nSPS) is 8.17. The maximum absolute atomic E-state index is 11.0. The lowest BCUT2D eigenvalue weighted by atomic mass is 10.9. The predicted octanol–water partition coefficient (Wildman–Crippen LogP) is 0.756. The second-order valence-corrected chi connectivity index (χ2v) is 1.52. The van der Waals surface area contributed by atoms with Gasteiger partial charge in [-0.25, -0.2) is 4.39 Å². The van der Waals surface area contributed by atoms with Crippen LogP contribution < -0.4 is 0 Å². The first-order valence-corrected chi connectivity index (χ1v) is 2.56. The van der Waals surface area contributed by atoms with Crippen molar-refractivity contribution in [1.29, 1.82) is 0 Å². The molecular weight excluding hydrogens is 103 g/mol. The van der Waals surface area contributed by atoms with E-state index in [1.165, 1.54) is 0 Å². The van der Waals surface area contributed by atoms with Gasteiger partial charge in [-0.3, -0.25) is 4.79 Å². The average molecular weight is 107 g/mol. The largest absolute Gasteiger partial charge is 0.290 e. The summed E-state index contributed by atoms with van der Waals surface area (Å²) in [4.78, 5) is 9.25. The molecule has 0 aromatic rings. The van der Waals surface area contributed by atoms with E-state index in [4.69, 9.17) is 0 Å². The Morgan fingerprint density at radius 2 is 2.50 bits per heavy atom. The van der Waals surface area contributed by atoms with E-state index in [0.29, 0.717) is 0 Å². The number of rotatable bonds is 3. The molecule has 0 amide bonds. The number of carbonyl (C=O) groups excluding carboxylic acids is 1. The fourth-order valence-corrected chi connectivity index (χ4v) is 0.241. The van der Waals surface area contributed by atoms with Crippen molar-refractivity contribution in [2.75, 3.05) is 11.8 Å². The van der Waals surface area contributed by atoms with Crippen molar-refractivity contribution in [3.63, 3.8) is 0 Å². The van der Waals surface area contributed by atoms with E-state index >= 15 is 0 Å². The van der Waals surface area contributed by atoms with Crippen LogP contribution in [0.3, 0.4) is 0 Å². The minimum atomic E-state index is -0.491. The van der Waals surface area contributed by atoms with Crippen molar-refractivity contribution < 1.29 is 9.18 Å². The van der Waals surface area contributed by atoms with Gasteiger partial charge in [-0.05, 0) is 0 Å². The molecule has 0 spiro atoms. The molecule has 0 saturated heterocycles. The topological polar surface area (TPSA) is 17.1 Å². The van der Waals surface area contributed by atoms with Gasteiger partial charge in [-0.2, -0.15) is 0 Å². The second kappa shape index (κ2) is 4.95. The molecule has 0 unspecified atom stereocenters. The maximum Gasteiger partial charge on any atom is 0.209 e. The fraction of sp³-hybridized carbons (Fsp3) is 0.667. The Morgan fingerprint density at radius 1 is 1.83 bits per heavy atom. The summed E-state index contributed by atoms with van der Waals surface area (Å²) in [5.41, 5.74) is 0. The van der Waals surface area contributed by atoms with E-state index in [0.717, 1.165) is 11.8 Å². The first kappa shape index (κ1) is 5.95. The standard InChI is InChI=1S/C3H4FOS/c4-3-6-2-1-5/h2-3H2. The Labute approximate surface area is 39.9 Å². The van der Waals surface area contributed by atoms with Crippen LogP contribution in [0.15, 0.2) is 0 Å². The first-order chi connectivity index (χ1) is 2.91. The molecule has 0 bridgehead atoms. The van der Waals surface area contributed by atoms with Crippen LogP contribution in [0.2, 0.25) is 0 Å². The number of hydrogen-bond donors (Lipinski definition) is 0. The summed E-state index contributed by atoms with van der Waals surface area (Å²) < 4.78 is 11.0. The highest BCUT2D eigenvalue weighted by Crippen LogP contribution is 1.94. The molecule has 1 nitrogen and oxygen atoms in total. The second-order valence-electron chi connectivity index (χ2n) is 0.602. The third kappa shape index (κ3) is 3.95. The van der Waals surface area contributed by atoms with Gasteiger partial charge in [-0.15, -0.1) is 11.8 Å². The monoisotopic (exact) mass is 107 g/mol. The molecule has 0 fully saturated rings. The SMILES string of the molecule is O=[C]CSCF. The van der Waals surface area contributed by atoms with Crippen LogP contribution in [0.5, 0.6) is 0 Å². The van der Waals surface area contributed by atoms with E-state index < -0.39 is 6.01 Å². The number of thioether (sulfide) groups is 1. The molecule has 0 aliphatic heterocycles. The van der Waals surface area contributed by atoms with E-state index in [1.54, 1.807) is 6.29 Å². The molecule has 0 aromatic heterocycles. The van der Waals surface area contributed by atoms with Crippen molar-refractivity contribution in [1.82, 2.24) is 0 Å². The van der Waals surface area contributed by atoms with Crippen LogP contribution in [-0.4, -0.2) is 18.0 Å². The molecular formula is C3H4FOS. The number of alkyl halides is 1.